The number of fused-ring (bicyclic) bond motifs is 1. The van der Waals surface area contributed by atoms with E-state index in [0.29, 0.717) is 36.1 Å². The Kier molecular flexibility index (Phi) is 6.88. The van der Waals surface area contributed by atoms with Gasteiger partial charge in [-0.05, 0) is 45.6 Å². The second-order valence-corrected chi connectivity index (χ2v) is 6.88. The Bertz CT molecular complexity index is 763. The minimum Gasteiger partial charge on any atom is -0.507 e. The van der Waals surface area contributed by atoms with Crippen molar-refractivity contribution in [3.63, 3.8) is 0 Å². The minimum absolute atomic E-state index is 0.0721. The Morgan fingerprint density at radius 2 is 2.07 bits per heavy atom. The quantitative estimate of drug-likeness (QED) is 0.546. The van der Waals surface area contributed by atoms with Gasteiger partial charge in [0.15, 0.2) is 0 Å². The van der Waals surface area contributed by atoms with E-state index in [1.165, 1.54) is 7.11 Å². The number of cyclic esters (lactones) is 1. The number of carbonyl (C=O) groups is 2. The highest BCUT2D eigenvalue weighted by Gasteiger charge is 2.31. The molecular formula is C21H28O6. The summed E-state index contributed by atoms with van der Waals surface area (Å²) >= 11 is 0. The van der Waals surface area contributed by atoms with Crippen LogP contribution in [-0.2, 0) is 27.3 Å². The first-order valence-electron chi connectivity index (χ1n) is 9.23. The van der Waals surface area contributed by atoms with Crippen LogP contribution in [0.25, 0.3) is 0 Å². The van der Waals surface area contributed by atoms with Crippen LogP contribution < -0.4 is 4.74 Å². The van der Waals surface area contributed by atoms with Gasteiger partial charge in [0.1, 0.15) is 23.7 Å². The van der Waals surface area contributed by atoms with Gasteiger partial charge in [-0.15, -0.1) is 0 Å². The standard InChI is InChI=1S/C21H28O6/c1-6-13(3)27-17(22)10-8-12(2)7-9-15-19(23)18-16(11-26-21(18)24)14(4)20(15)25-5/h7,13,23H,6,8-11H2,1-5H3. The first kappa shape index (κ1) is 20.8. The zero-order chi connectivity index (χ0) is 20.1. The number of methoxy groups -OCH3 is 1. The average molecular weight is 376 g/mol. The van der Waals surface area contributed by atoms with Gasteiger partial charge in [-0.3, -0.25) is 4.79 Å². The lowest BCUT2D eigenvalue weighted by molar-refractivity contribution is -0.148. The number of aromatic hydroxyl groups is 1. The molecule has 0 amide bonds. The smallest absolute Gasteiger partial charge is 0.342 e. The Balaban J connectivity index is 2.14. The number of esters is 2. The van der Waals surface area contributed by atoms with Crippen LogP contribution in [0.1, 0.15) is 67.1 Å². The van der Waals surface area contributed by atoms with Crippen LogP contribution >= 0.6 is 0 Å². The molecule has 0 spiro atoms. The molecule has 0 saturated carbocycles. The number of carbonyl (C=O) groups excluding carboxylic acids is 2. The van der Waals surface area contributed by atoms with E-state index in [2.05, 4.69) is 0 Å². The van der Waals surface area contributed by atoms with E-state index in [0.717, 1.165) is 17.6 Å². The van der Waals surface area contributed by atoms with Gasteiger partial charge in [-0.1, -0.05) is 18.6 Å². The first-order chi connectivity index (χ1) is 12.8. The second-order valence-electron chi connectivity index (χ2n) is 6.88. The van der Waals surface area contributed by atoms with Crippen LogP contribution in [0.5, 0.6) is 11.5 Å². The summed E-state index contributed by atoms with van der Waals surface area (Å²) in [5.74, 6) is -0.253. The van der Waals surface area contributed by atoms with Crippen LogP contribution in [0.3, 0.4) is 0 Å². The molecule has 1 aliphatic rings. The fourth-order valence-electron chi connectivity index (χ4n) is 3.07. The van der Waals surface area contributed by atoms with E-state index in [4.69, 9.17) is 14.2 Å². The van der Waals surface area contributed by atoms with E-state index in [1.807, 2.05) is 33.8 Å². The Labute approximate surface area is 160 Å². The van der Waals surface area contributed by atoms with Gasteiger partial charge in [0.05, 0.1) is 13.2 Å². The molecule has 0 radical (unpaired) electrons. The van der Waals surface area contributed by atoms with Crippen LogP contribution in [-0.4, -0.2) is 30.3 Å². The highest BCUT2D eigenvalue weighted by molar-refractivity contribution is 5.98. The van der Waals surface area contributed by atoms with Crippen molar-refractivity contribution in [2.45, 2.75) is 66.1 Å². The van der Waals surface area contributed by atoms with Gasteiger partial charge in [-0.2, -0.15) is 0 Å². The number of ether oxygens (including phenoxy) is 3. The highest BCUT2D eigenvalue weighted by Crippen LogP contribution is 2.42. The average Bonchev–Trinajstić information content (AvgIpc) is 3.03. The summed E-state index contributed by atoms with van der Waals surface area (Å²) in [7, 11) is 1.54. The topological polar surface area (TPSA) is 82.1 Å². The molecule has 1 heterocycles. The Hall–Kier alpha value is -2.50. The molecule has 0 saturated heterocycles. The monoisotopic (exact) mass is 376 g/mol. The van der Waals surface area contributed by atoms with Gasteiger partial charge >= 0.3 is 11.9 Å². The molecular weight excluding hydrogens is 348 g/mol. The molecule has 27 heavy (non-hydrogen) atoms. The maximum absolute atomic E-state index is 11.9. The van der Waals surface area contributed by atoms with Crippen molar-refractivity contribution in [3.05, 3.63) is 33.9 Å². The van der Waals surface area contributed by atoms with Crippen molar-refractivity contribution in [3.8, 4) is 11.5 Å². The zero-order valence-corrected chi connectivity index (χ0v) is 16.7. The van der Waals surface area contributed by atoms with Crippen LogP contribution in [0.15, 0.2) is 11.6 Å². The molecule has 1 atom stereocenters. The van der Waals surface area contributed by atoms with Gasteiger partial charge in [0.2, 0.25) is 0 Å². The molecule has 1 N–H and O–H groups in total. The van der Waals surface area contributed by atoms with Crippen molar-refractivity contribution in [2.75, 3.05) is 7.11 Å². The molecule has 1 unspecified atom stereocenters. The number of benzene rings is 1. The van der Waals surface area contributed by atoms with Crippen molar-refractivity contribution in [1.29, 1.82) is 0 Å². The largest absolute Gasteiger partial charge is 0.507 e. The van der Waals surface area contributed by atoms with Gasteiger partial charge < -0.3 is 19.3 Å². The number of phenols is 1. The minimum atomic E-state index is -0.511. The predicted octanol–water partition coefficient (Wildman–Crippen LogP) is 3.99. The maximum Gasteiger partial charge on any atom is 0.342 e. The number of rotatable bonds is 8. The Morgan fingerprint density at radius 3 is 2.70 bits per heavy atom. The molecule has 0 fully saturated rings. The fourth-order valence-corrected chi connectivity index (χ4v) is 3.07. The van der Waals surface area contributed by atoms with E-state index in [-0.39, 0.29) is 30.0 Å². The summed E-state index contributed by atoms with van der Waals surface area (Å²) in [5, 5.41) is 10.6. The van der Waals surface area contributed by atoms with Crippen molar-refractivity contribution in [2.24, 2.45) is 0 Å². The van der Waals surface area contributed by atoms with E-state index >= 15 is 0 Å². The molecule has 0 aliphatic carbocycles. The lowest BCUT2D eigenvalue weighted by Crippen LogP contribution is -2.13. The third-order valence-electron chi connectivity index (χ3n) is 4.93. The number of allylic oxidation sites excluding steroid dienone is 2. The fraction of sp³-hybridized carbons (Fsp3) is 0.524. The maximum atomic E-state index is 11.9. The third kappa shape index (κ3) is 4.62. The van der Waals surface area contributed by atoms with Gasteiger partial charge in [-0.25, -0.2) is 4.79 Å². The van der Waals surface area contributed by atoms with E-state index < -0.39 is 5.97 Å². The zero-order valence-electron chi connectivity index (χ0n) is 16.7. The summed E-state index contributed by atoms with van der Waals surface area (Å²) in [4.78, 5) is 23.7. The normalized spacial score (nSPS) is 14.6. The summed E-state index contributed by atoms with van der Waals surface area (Å²) in [5.41, 5.74) is 3.25. The first-order valence-corrected chi connectivity index (χ1v) is 9.23. The Morgan fingerprint density at radius 1 is 1.37 bits per heavy atom. The van der Waals surface area contributed by atoms with Crippen LogP contribution in [0, 0.1) is 6.92 Å². The lowest BCUT2D eigenvalue weighted by atomic mass is 9.94. The second kappa shape index (κ2) is 8.93. The molecule has 1 aromatic carbocycles. The summed E-state index contributed by atoms with van der Waals surface area (Å²) in [6.07, 6.45) is 3.93. The molecule has 6 nitrogen and oxygen atoms in total. The molecule has 148 valence electrons. The number of phenolic OH excluding ortho intramolecular Hbond substituents is 1. The van der Waals surface area contributed by atoms with Crippen molar-refractivity contribution in [1.82, 2.24) is 0 Å². The number of hydrogen-bond donors (Lipinski definition) is 1. The summed E-state index contributed by atoms with van der Waals surface area (Å²) in [6, 6.07) is 0. The predicted molar refractivity (Wildman–Crippen MR) is 101 cm³/mol. The lowest BCUT2D eigenvalue weighted by Gasteiger charge is -2.15. The van der Waals surface area contributed by atoms with Crippen LogP contribution in [0.4, 0.5) is 0 Å². The highest BCUT2D eigenvalue weighted by atomic mass is 16.5. The molecule has 0 aromatic heterocycles. The molecule has 6 heteroatoms. The third-order valence-corrected chi connectivity index (χ3v) is 4.93. The van der Waals surface area contributed by atoms with Crippen molar-refractivity contribution >= 4 is 11.9 Å². The molecule has 1 aliphatic heterocycles. The molecule has 1 aromatic rings. The van der Waals surface area contributed by atoms with Crippen molar-refractivity contribution < 1.29 is 28.9 Å². The van der Waals surface area contributed by atoms with E-state index in [9.17, 15) is 14.7 Å². The summed E-state index contributed by atoms with van der Waals surface area (Å²) in [6.45, 7) is 7.77. The SMILES string of the molecule is CCC(C)OC(=O)CCC(C)=CCc1c(O)c2c(c(C)c1OC)COC2=O. The summed E-state index contributed by atoms with van der Waals surface area (Å²) < 4.78 is 15.8. The molecule has 2 rings (SSSR count). The van der Waals surface area contributed by atoms with Crippen LogP contribution in [0.2, 0.25) is 0 Å². The van der Waals surface area contributed by atoms with Gasteiger partial charge in [0, 0.05) is 17.5 Å². The van der Waals surface area contributed by atoms with Gasteiger partial charge in [0.25, 0.3) is 0 Å². The van der Waals surface area contributed by atoms with E-state index in [1.54, 1.807) is 0 Å². The number of hydrogen-bond acceptors (Lipinski definition) is 6. The molecule has 0 bridgehead atoms.